The van der Waals surface area contributed by atoms with Gasteiger partial charge in [-0.15, -0.1) is 10.2 Å². The van der Waals surface area contributed by atoms with Crippen LogP contribution < -0.4 is 10.6 Å². The predicted molar refractivity (Wildman–Crippen MR) is 63.2 cm³/mol. The first-order valence-corrected chi connectivity index (χ1v) is 6.38. The van der Waals surface area contributed by atoms with Crippen molar-refractivity contribution in [2.45, 2.75) is 17.2 Å². The topological polar surface area (TPSA) is 55.0 Å². The lowest BCUT2D eigenvalue weighted by Gasteiger charge is -2.03. The second-order valence-corrected chi connectivity index (χ2v) is 5.39. The number of unbranched alkanes of at least 4 members (excludes halogenated alkanes) is 1. The molecule has 0 bridgehead atoms. The molecule has 0 fully saturated rings. The van der Waals surface area contributed by atoms with Gasteiger partial charge in [-0.25, -0.2) is 0 Å². The van der Waals surface area contributed by atoms with Gasteiger partial charge in [0.2, 0.25) is 5.13 Å². The smallest absolute Gasteiger partial charge is 0.208 e. The first-order valence-electron chi connectivity index (χ1n) is 4.57. The minimum absolute atomic E-state index is 0.777. The molecule has 0 unspecified atom stereocenters. The molecule has 0 saturated heterocycles. The van der Waals surface area contributed by atoms with E-state index >= 15 is 0 Å². The number of aromatic nitrogens is 2. The van der Waals surface area contributed by atoms with Gasteiger partial charge in [0, 0.05) is 19.8 Å². The Morgan fingerprint density at radius 3 is 2.71 bits per heavy atom. The van der Waals surface area contributed by atoms with E-state index in [1.165, 1.54) is 0 Å². The Labute approximate surface area is 92.9 Å². The largest absolute Gasteiger partial charge is 0.353 e. The van der Waals surface area contributed by atoms with Crippen molar-refractivity contribution in [1.82, 2.24) is 10.2 Å². The van der Waals surface area contributed by atoms with Gasteiger partial charge < -0.3 is 10.6 Å². The number of thioether (sulfide) groups is 1. The molecule has 1 rings (SSSR count). The van der Waals surface area contributed by atoms with Gasteiger partial charge in [0.15, 0.2) is 4.34 Å². The van der Waals surface area contributed by atoms with E-state index in [2.05, 4.69) is 10.2 Å². The lowest BCUT2D eigenvalue weighted by Crippen LogP contribution is -2.07. The normalized spacial score (nSPS) is 10.5. The minimum atomic E-state index is 0.777. The third-order valence-corrected chi connectivity index (χ3v) is 3.91. The Morgan fingerprint density at radius 2 is 2.14 bits per heavy atom. The van der Waals surface area contributed by atoms with Crippen molar-refractivity contribution in [2.75, 3.05) is 31.3 Å². The molecule has 2 N–H and O–H groups in total. The lowest BCUT2D eigenvalue weighted by atomic mass is 10.3. The number of nitrogens with zero attached hydrogens (tertiary/aromatic N) is 3. The molecule has 0 aliphatic rings. The molecule has 0 aromatic carbocycles. The van der Waals surface area contributed by atoms with Gasteiger partial charge in [0.25, 0.3) is 0 Å². The van der Waals surface area contributed by atoms with Crippen molar-refractivity contribution in [3.05, 3.63) is 0 Å². The van der Waals surface area contributed by atoms with Gasteiger partial charge >= 0.3 is 0 Å². The molecule has 0 aliphatic heterocycles. The van der Waals surface area contributed by atoms with Crippen LogP contribution in [0, 0.1) is 0 Å². The Kier molecular flexibility index (Phi) is 5.21. The van der Waals surface area contributed by atoms with Crippen LogP contribution >= 0.6 is 23.1 Å². The van der Waals surface area contributed by atoms with Crippen LogP contribution in [0.4, 0.5) is 5.13 Å². The summed E-state index contributed by atoms with van der Waals surface area (Å²) < 4.78 is 1.05. The highest BCUT2D eigenvalue weighted by Gasteiger charge is 2.05. The summed E-state index contributed by atoms with van der Waals surface area (Å²) in [6, 6.07) is 0. The standard InChI is InChI=1S/C8H16N4S2/c1-12(2)7-10-11-8(14-7)13-6-4-3-5-9/h3-6,9H2,1-2H3. The Balaban J connectivity index is 2.29. The van der Waals surface area contributed by atoms with Crippen molar-refractivity contribution in [3.8, 4) is 0 Å². The van der Waals surface area contributed by atoms with E-state index in [0.717, 1.165) is 34.6 Å². The molecular weight excluding hydrogens is 216 g/mol. The van der Waals surface area contributed by atoms with Gasteiger partial charge in [-0.3, -0.25) is 0 Å². The molecule has 0 radical (unpaired) electrons. The van der Waals surface area contributed by atoms with Crippen LogP contribution in [0.5, 0.6) is 0 Å². The fourth-order valence-electron chi connectivity index (χ4n) is 0.847. The lowest BCUT2D eigenvalue weighted by molar-refractivity contribution is 0.814. The van der Waals surface area contributed by atoms with Gasteiger partial charge in [0.1, 0.15) is 0 Å². The third-order valence-electron chi connectivity index (χ3n) is 1.60. The second kappa shape index (κ2) is 6.21. The number of hydrogen-bond donors (Lipinski definition) is 1. The maximum Gasteiger partial charge on any atom is 0.208 e. The summed E-state index contributed by atoms with van der Waals surface area (Å²) in [5, 5.41) is 9.12. The van der Waals surface area contributed by atoms with E-state index in [0.29, 0.717) is 0 Å². The number of nitrogens with two attached hydrogens (primary N) is 1. The van der Waals surface area contributed by atoms with Crippen LogP contribution in [0.2, 0.25) is 0 Å². The summed E-state index contributed by atoms with van der Waals surface area (Å²) in [6.45, 7) is 0.777. The zero-order valence-corrected chi connectivity index (χ0v) is 10.2. The maximum absolute atomic E-state index is 5.41. The van der Waals surface area contributed by atoms with Crippen molar-refractivity contribution >= 4 is 28.2 Å². The molecule has 0 amide bonds. The maximum atomic E-state index is 5.41. The number of rotatable bonds is 6. The molecule has 1 heterocycles. The van der Waals surface area contributed by atoms with Crippen LogP contribution in [-0.2, 0) is 0 Å². The molecule has 6 heteroatoms. The molecule has 4 nitrogen and oxygen atoms in total. The highest BCUT2D eigenvalue weighted by atomic mass is 32.2. The summed E-state index contributed by atoms with van der Waals surface area (Å²) in [6.07, 6.45) is 2.24. The zero-order valence-electron chi connectivity index (χ0n) is 8.56. The van der Waals surface area contributed by atoms with E-state index in [4.69, 9.17) is 5.73 Å². The Bertz CT molecular complexity index is 262. The fraction of sp³-hybridized carbons (Fsp3) is 0.750. The molecule has 0 spiro atoms. The Hall–Kier alpha value is -0.330. The first kappa shape index (κ1) is 11.7. The van der Waals surface area contributed by atoms with Crippen LogP contribution in [0.15, 0.2) is 4.34 Å². The monoisotopic (exact) mass is 232 g/mol. The van der Waals surface area contributed by atoms with Crippen molar-refractivity contribution in [2.24, 2.45) is 5.73 Å². The number of anilines is 1. The van der Waals surface area contributed by atoms with Crippen molar-refractivity contribution in [1.29, 1.82) is 0 Å². The van der Waals surface area contributed by atoms with E-state index in [9.17, 15) is 0 Å². The summed E-state index contributed by atoms with van der Waals surface area (Å²) in [7, 11) is 3.95. The van der Waals surface area contributed by atoms with E-state index in [1.807, 2.05) is 19.0 Å². The van der Waals surface area contributed by atoms with E-state index < -0.39 is 0 Å². The predicted octanol–water partition coefficient (Wildman–Crippen LogP) is 1.44. The van der Waals surface area contributed by atoms with Gasteiger partial charge in [0.05, 0.1) is 0 Å². The van der Waals surface area contributed by atoms with E-state index in [1.54, 1.807) is 23.1 Å². The third kappa shape index (κ3) is 3.81. The quantitative estimate of drug-likeness (QED) is 0.594. The van der Waals surface area contributed by atoms with Gasteiger partial charge in [-0.2, -0.15) is 0 Å². The van der Waals surface area contributed by atoms with Crippen LogP contribution in [-0.4, -0.2) is 36.6 Å². The molecule has 80 valence electrons. The Morgan fingerprint density at radius 1 is 1.36 bits per heavy atom. The van der Waals surface area contributed by atoms with Gasteiger partial charge in [-0.05, 0) is 19.4 Å². The summed E-state index contributed by atoms with van der Waals surface area (Å²) in [4.78, 5) is 1.97. The van der Waals surface area contributed by atoms with E-state index in [-0.39, 0.29) is 0 Å². The average Bonchev–Trinajstić information content (AvgIpc) is 2.61. The zero-order chi connectivity index (χ0) is 10.4. The fourth-order valence-corrected chi connectivity index (χ4v) is 2.68. The number of hydrogen-bond acceptors (Lipinski definition) is 6. The summed E-state index contributed by atoms with van der Waals surface area (Å²) >= 11 is 3.40. The molecule has 14 heavy (non-hydrogen) atoms. The summed E-state index contributed by atoms with van der Waals surface area (Å²) in [5.41, 5.74) is 5.41. The minimum Gasteiger partial charge on any atom is -0.353 e. The SMILES string of the molecule is CN(C)c1nnc(SCCCCN)s1. The molecule has 1 aromatic rings. The average molecular weight is 232 g/mol. The molecule has 1 aromatic heterocycles. The van der Waals surface area contributed by atoms with Crippen LogP contribution in [0.3, 0.4) is 0 Å². The molecular formula is C8H16N4S2. The van der Waals surface area contributed by atoms with Crippen LogP contribution in [0.25, 0.3) is 0 Å². The second-order valence-electron chi connectivity index (χ2n) is 3.09. The van der Waals surface area contributed by atoms with Crippen molar-refractivity contribution in [3.63, 3.8) is 0 Å². The summed E-state index contributed by atoms with van der Waals surface area (Å²) in [5.74, 6) is 1.08. The highest BCUT2D eigenvalue weighted by Crippen LogP contribution is 2.27. The highest BCUT2D eigenvalue weighted by molar-refractivity contribution is 8.01. The first-order chi connectivity index (χ1) is 6.74. The molecule has 0 aliphatic carbocycles. The van der Waals surface area contributed by atoms with Gasteiger partial charge in [-0.1, -0.05) is 23.1 Å². The molecule has 0 saturated carbocycles. The van der Waals surface area contributed by atoms with Crippen molar-refractivity contribution < 1.29 is 0 Å². The molecule has 0 atom stereocenters. The van der Waals surface area contributed by atoms with Crippen LogP contribution in [0.1, 0.15) is 12.8 Å².